The lowest BCUT2D eigenvalue weighted by molar-refractivity contribution is 0.0939. The summed E-state index contributed by atoms with van der Waals surface area (Å²) >= 11 is 0. The van der Waals surface area contributed by atoms with E-state index in [2.05, 4.69) is 44.5 Å². The molecule has 3 aromatic rings. The zero-order chi connectivity index (χ0) is 18.6. The Morgan fingerprint density at radius 1 is 1.00 bits per heavy atom. The summed E-state index contributed by atoms with van der Waals surface area (Å²) in [6.45, 7) is 3.65. The minimum absolute atomic E-state index is 0.0722. The van der Waals surface area contributed by atoms with Gasteiger partial charge in [0, 0.05) is 25.5 Å². The first-order valence-corrected chi connectivity index (χ1v) is 9.20. The molecule has 2 heterocycles. The number of carbonyl (C=O) groups is 1. The summed E-state index contributed by atoms with van der Waals surface area (Å²) < 4.78 is 0. The number of fused-ring (bicyclic) bond motifs is 1. The lowest BCUT2D eigenvalue weighted by Gasteiger charge is -2.28. The monoisotopic (exact) mass is 358 g/mol. The molecule has 1 N–H and O–H groups in total. The molecule has 1 aliphatic heterocycles. The van der Waals surface area contributed by atoms with Gasteiger partial charge in [-0.2, -0.15) is 0 Å². The Balaban J connectivity index is 1.42. The molecule has 5 heteroatoms. The van der Waals surface area contributed by atoms with Crippen molar-refractivity contribution in [2.45, 2.75) is 25.9 Å². The Bertz CT molecular complexity index is 925. The maximum absolute atomic E-state index is 12.5. The lowest BCUT2D eigenvalue weighted by atomic mass is 10.0. The first-order chi connectivity index (χ1) is 13.2. The van der Waals surface area contributed by atoms with E-state index in [4.69, 9.17) is 0 Å². The molecule has 1 unspecified atom stereocenters. The molecule has 0 spiro atoms. The van der Waals surface area contributed by atoms with E-state index >= 15 is 0 Å². The number of aromatic nitrogens is 2. The van der Waals surface area contributed by atoms with E-state index in [-0.39, 0.29) is 11.9 Å². The van der Waals surface area contributed by atoms with Gasteiger partial charge in [-0.1, -0.05) is 54.6 Å². The summed E-state index contributed by atoms with van der Waals surface area (Å²) in [7, 11) is 0. The van der Waals surface area contributed by atoms with Gasteiger partial charge in [-0.25, -0.2) is 9.97 Å². The predicted molar refractivity (Wildman–Crippen MR) is 106 cm³/mol. The highest BCUT2D eigenvalue weighted by Crippen LogP contribution is 2.21. The minimum atomic E-state index is -0.165. The van der Waals surface area contributed by atoms with Crippen molar-refractivity contribution >= 4 is 11.9 Å². The highest BCUT2D eigenvalue weighted by atomic mass is 16.1. The number of hydrogen-bond acceptors (Lipinski definition) is 4. The van der Waals surface area contributed by atoms with Gasteiger partial charge in [0.1, 0.15) is 0 Å². The van der Waals surface area contributed by atoms with E-state index in [1.807, 2.05) is 37.3 Å². The Kier molecular flexibility index (Phi) is 4.83. The van der Waals surface area contributed by atoms with Crippen LogP contribution >= 0.6 is 0 Å². The molecule has 0 saturated carbocycles. The zero-order valence-electron chi connectivity index (χ0n) is 15.3. The second-order valence-electron chi connectivity index (χ2n) is 6.82. The average molecular weight is 358 g/mol. The fraction of sp³-hybridized carbons (Fsp3) is 0.227. The van der Waals surface area contributed by atoms with Crippen molar-refractivity contribution in [2.24, 2.45) is 0 Å². The number of nitrogens with zero attached hydrogens (tertiary/aromatic N) is 3. The van der Waals surface area contributed by atoms with E-state index < -0.39 is 0 Å². The van der Waals surface area contributed by atoms with Crippen molar-refractivity contribution in [3.63, 3.8) is 0 Å². The summed E-state index contributed by atoms with van der Waals surface area (Å²) in [6, 6.07) is 18.3. The smallest absolute Gasteiger partial charge is 0.254 e. The Morgan fingerprint density at radius 2 is 1.67 bits per heavy atom. The third-order valence-electron chi connectivity index (χ3n) is 4.96. The number of rotatable bonds is 4. The van der Waals surface area contributed by atoms with Crippen LogP contribution in [0, 0.1) is 0 Å². The van der Waals surface area contributed by atoms with Gasteiger partial charge in [-0.05, 0) is 30.0 Å². The summed E-state index contributed by atoms with van der Waals surface area (Å²) in [5.41, 5.74) is 4.24. The molecule has 1 atom stereocenters. The Labute approximate surface area is 159 Å². The molecule has 1 amide bonds. The molecular weight excluding hydrogens is 336 g/mol. The fourth-order valence-electron chi connectivity index (χ4n) is 3.37. The zero-order valence-corrected chi connectivity index (χ0v) is 15.3. The molecule has 4 rings (SSSR count). The molecule has 1 aliphatic rings. The van der Waals surface area contributed by atoms with Crippen LogP contribution in [0.1, 0.15) is 40.0 Å². The van der Waals surface area contributed by atoms with Crippen molar-refractivity contribution in [1.82, 2.24) is 15.3 Å². The molecule has 0 saturated heterocycles. The summed E-state index contributed by atoms with van der Waals surface area (Å²) in [6.07, 6.45) is 4.20. The second kappa shape index (κ2) is 7.58. The molecular formula is C22H22N4O. The van der Waals surface area contributed by atoms with Crippen LogP contribution in [-0.4, -0.2) is 22.4 Å². The highest BCUT2D eigenvalue weighted by molar-refractivity contribution is 5.93. The molecule has 1 aromatic heterocycles. The number of carbonyl (C=O) groups excluding carboxylic acids is 1. The largest absolute Gasteiger partial charge is 0.345 e. The van der Waals surface area contributed by atoms with Crippen LogP contribution < -0.4 is 10.2 Å². The van der Waals surface area contributed by atoms with Crippen LogP contribution in [0.25, 0.3) is 0 Å². The van der Waals surface area contributed by atoms with Crippen molar-refractivity contribution in [3.8, 4) is 0 Å². The van der Waals surface area contributed by atoms with Crippen molar-refractivity contribution < 1.29 is 4.79 Å². The topological polar surface area (TPSA) is 58.1 Å². The molecule has 5 nitrogen and oxygen atoms in total. The normalized spacial score (nSPS) is 14.3. The number of benzene rings is 2. The SMILES string of the molecule is CC(NC(=O)c1cnc(N2CCc3ccccc3C2)nc1)c1ccccc1. The van der Waals surface area contributed by atoms with Crippen LogP contribution in [0.15, 0.2) is 67.0 Å². The van der Waals surface area contributed by atoms with Crippen molar-refractivity contribution in [1.29, 1.82) is 0 Å². The molecule has 2 aromatic carbocycles. The minimum Gasteiger partial charge on any atom is -0.345 e. The summed E-state index contributed by atoms with van der Waals surface area (Å²) in [5, 5.41) is 2.99. The van der Waals surface area contributed by atoms with Gasteiger partial charge in [-0.15, -0.1) is 0 Å². The van der Waals surface area contributed by atoms with Gasteiger partial charge in [-0.3, -0.25) is 4.79 Å². The van der Waals surface area contributed by atoms with E-state index in [0.29, 0.717) is 11.5 Å². The predicted octanol–water partition coefficient (Wildman–Crippen LogP) is 3.53. The number of hydrogen-bond donors (Lipinski definition) is 1. The molecule has 27 heavy (non-hydrogen) atoms. The lowest BCUT2D eigenvalue weighted by Crippen LogP contribution is -2.32. The second-order valence-corrected chi connectivity index (χ2v) is 6.82. The molecule has 0 aliphatic carbocycles. The van der Waals surface area contributed by atoms with E-state index in [1.165, 1.54) is 11.1 Å². The van der Waals surface area contributed by atoms with Crippen molar-refractivity contribution in [3.05, 3.63) is 89.2 Å². The standard InChI is InChI=1S/C22H22N4O/c1-16(17-7-3-2-4-8-17)25-21(27)20-13-23-22(24-14-20)26-12-11-18-9-5-6-10-19(18)15-26/h2-10,13-14,16H,11-12,15H2,1H3,(H,25,27). The van der Waals surface area contributed by atoms with Gasteiger partial charge < -0.3 is 10.2 Å². The van der Waals surface area contributed by atoms with Gasteiger partial charge in [0.15, 0.2) is 0 Å². The van der Waals surface area contributed by atoms with E-state index in [9.17, 15) is 4.79 Å². The van der Waals surface area contributed by atoms with Gasteiger partial charge >= 0.3 is 0 Å². The first kappa shape index (κ1) is 17.2. The maximum atomic E-state index is 12.5. The van der Waals surface area contributed by atoms with Gasteiger partial charge in [0.05, 0.1) is 11.6 Å². The van der Waals surface area contributed by atoms with E-state index in [0.717, 1.165) is 25.1 Å². The molecule has 136 valence electrons. The molecule has 0 bridgehead atoms. The third kappa shape index (κ3) is 3.82. The fourth-order valence-corrected chi connectivity index (χ4v) is 3.37. The quantitative estimate of drug-likeness (QED) is 0.775. The number of anilines is 1. The van der Waals surface area contributed by atoms with Crippen LogP contribution in [0.4, 0.5) is 5.95 Å². The van der Waals surface area contributed by atoms with Gasteiger partial charge in [0.25, 0.3) is 5.91 Å². The van der Waals surface area contributed by atoms with Crippen LogP contribution in [0.2, 0.25) is 0 Å². The van der Waals surface area contributed by atoms with Crippen LogP contribution in [0.5, 0.6) is 0 Å². The highest BCUT2D eigenvalue weighted by Gasteiger charge is 2.19. The summed E-state index contributed by atoms with van der Waals surface area (Å²) in [5.74, 6) is 0.499. The third-order valence-corrected chi connectivity index (χ3v) is 4.96. The van der Waals surface area contributed by atoms with Crippen molar-refractivity contribution in [2.75, 3.05) is 11.4 Å². The average Bonchev–Trinajstić information content (AvgIpc) is 2.74. The number of amides is 1. The van der Waals surface area contributed by atoms with Crippen LogP contribution in [-0.2, 0) is 13.0 Å². The Hall–Kier alpha value is -3.21. The maximum Gasteiger partial charge on any atom is 0.254 e. The first-order valence-electron chi connectivity index (χ1n) is 9.20. The summed E-state index contributed by atoms with van der Waals surface area (Å²) in [4.78, 5) is 23.5. The van der Waals surface area contributed by atoms with Gasteiger partial charge in [0.2, 0.25) is 5.95 Å². The number of nitrogens with one attached hydrogen (secondary N) is 1. The Morgan fingerprint density at radius 3 is 2.41 bits per heavy atom. The molecule has 0 radical (unpaired) electrons. The molecule has 0 fully saturated rings. The van der Waals surface area contributed by atoms with E-state index in [1.54, 1.807) is 12.4 Å². The van der Waals surface area contributed by atoms with Crippen LogP contribution in [0.3, 0.4) is 0 Å².